The number of carboxylic acid groups (broad SMARTS) is 1. The van der Waals surface area contributed by atoms with Crippen molar-refractivity contribution in [2.75, 3.05) is 11.9 Å². The second kappa shape index (κ2) is 13.3. The molecule has 0 aliphatic rings. The monoisotopic (exact) mass is 550 g/mol. The van der Waals surface area contributed by atoms with Crippen molar-refractivity contribution >= 4 is 46.8 Å². The van der Waals surface area contributed by atoms with Crippen molar-refractivity contribution in [2.45, 2.75) is 20.0 Å². The van der Waals surface area contributed by atoms with Gasteiger partial charge in [-0.05, 0) is 73.0 Å². The molecular weight excluding hydrogens is 527 g/mol. The molecule has 0 atom stereocenters. The number of hydrogen-bond acceptors (Lipinski definition) is 5. The van der Waals surface area contributed by atoms with Crippen molar-refractivity contribution in [1.29, 1.82) is 5.26 Å². The Kier molecular flexibility index (Phi) is 9.94. The lowest BCUT2D eigenvalue weighted by Gasteiger charge is -2.17. The van der Waals surface area contributed by atoms with Crippen molar-refractivity contribution in [3.8, 4) is 17.6 Å². The van der Waals surface area contributed by atoms with Crippen LogP contribution in [0.4, 0.5) is 5.69 Å². The summed E-state index contributed by atoms with van der Waals surface area (Å²) in [7, 11) is 0. The Morgan fingerprint density at radius 3 is 2.55 bits per heavy atom. The van der Waals surface area contributed by atoms with Crippen molar-refractivity contribution in [1.82, 2.24) is 0 Å². The molecule has 2 N–H and O–H groups in total. The molecule has 0 aliphatic heterocycles. The highest BCUT2D eigenvalue weighted by atomic mass is 35.5. The Hall–Kier alpha value is -4.25. The van der Waals surface area contributed by atoms with Gasteiger partial charge in [-0.3, -0.25) is 4.79 Å². The number of rotatable bonds is 11. The molecular formula is C29H24Cl2N2O5. The van der Waals surface area contributed by atoms with E-state index in [4.69, 9.17) is 37.8 Å². The molecule has 0 bridgehead atoms. The highest BCUT2D eigenvalue weighted by molar-refractivity contribution is 6.42. The van der Waals surface area contributed by atoms with Gasteiger partial charge in [0.25, 0.3) is 5.91 Å². The predicted octanol–water partition coefficient (Wildman–Crippen LogP) is 6.94. The zero-order valence-electron chi connectivity index (χ0n) is 20.5. The molecule has 0 saturated heterocycles. The van der Waals surface area contributed by atoms with Gasteiger partial charge < -0.3 is 19.9 Å². The number of benzene rings is 3. The maximum Gasteiger partial charge on any atom is 0.335 e. The maximum absolute atomic E-state index is 12.8. The minimum atomic E-state index is -1.13. The Labute approximate surface area is 230 Å². The average molecular weight is 551 g/mol. The van der Waals surface area contributed by atoms with Gasteiger partial charge in [0.05, 0.1) is 22.2 Å². The maximum atomic E-state index is 12.8. The van der Waals surface area contributed by atoms with Crippen LogP contribution in [0.25, 0.3) is 6.08 Å². The normalized spacial score (nSPS) is 10.8. The minimum Gasteiger partial charge on any atom is -0.490 e. The molecule has 0 heterocycles. The molecule has 0 saturated carbocycles. The lowest BCUT2D eigenvalue weighted by molar-refractivity contribution is -0.112. The van der Waals surface area contributed by atoms with E-state index in [9.17, 15) is 14.9 Å². The second-order valence-electron chi connectivity index (χ2n) is 7.98. The van der Waals surface area contributed by atoms with Crippen LogP contribution in [0.3, 0.4) is 0 Å². The van der Waals surface area contributed by atoms with Gasteiger partial charge in [-0.2, -0.15) is 5.26 Å². The Bertz CT molecular complexity index is 1440. The van der Waals surface area contributed by atoms with Gasteiger partial charge in [0.2, 0.25) is 0 Å². The van der Waals surface area contributed by atoms with E-state index in [0.29, 0.717) is 40.1 Å². The number of halogens is 2. The first-order valence-electron chi connectivity index (χ1n) is 11.5. The van der Waals surface area contributed by atoms with Crippen molar-refractivity contribution in [2.24, 2.45) is 0 Å². The van der Waals surface area contributed by atoms with E-state index in [1.54, 1.807) is 30.3 Å². The van der Waals surface area contributed by atoms with E-state index in [1.165, 1.54) is 30.3 Å². The number of nitrogens with one attached hydrogen (secondary N) is 1. The fourth-order valence-corrected chi connectivity index (χ4v) is 3.85. The van der Waals surface area contributed by atoms with Crippen LogP contribution >= 0.6 is 23.2 Å². The molecule has 194 valence electrons. The summed E-state index contributed by atoms with van der Waals surface area (Å²) < 4.78 is 11.9. The fraction of sp³-hybridized carbons (Fsp3) is 0.138. The fourth-order valence-electron chi connectivity index (χ4n) is 3.53. The summed E-state index contributed by atoms with van der Waals surface area (Å²) in [5.74, 6) is -0.872. The zero-order chi connectivity index (χ0) is 27.7. The number of carboxylic acids is 1. The van der Waals surface area contributed by atoms with E-state index in [-0.39, 0.29) is 23.4 Å². The van der Waals surface area contributed by atoms with Crippen molar-refractivity contribution < 1.29 is 24.2 Å². The summed E-state index contributed by atoms with van der Waals surface area (Å²) >= 11 is 12.1. The van der Waals surface area contributed by atoms with Crippen LogP contribution in [0.15, 0.2) is 72.8 Å². The smallest absolute Gasteiger partial charge is 0.335 e. The number of carbonyl (C=O) groups excluding carboxylic acids is 1. The van der Waals surface area contributed by atoms with Crippen LogP contribution in [0.2, 0.25) is 10.0 Å². The molecule has 0 aliphatic carbocycles. The highest BCUT2D eigenvalue weighted by Gasteiger charge is 2.16. The molecule has 3 aromatic rings. The Balaban J connectivity index is 1.93. The molecule has 1 amide bonds. The van der Waals surface area contributed by atoms with Crippen LogP contribution in [-0.4, -0.2) is 23.6 Å². The molecule has 0 unspecified atom stereocenters. The number of carbonyl (C=O) groups is 2. The first-order valence-corrected chi connectivity index (χ1v) is 12.2. The molecule has 38 heavy (non-hydrogen) atoms. The van der Waals surface area contributed by atoms with Crippen LogP contribution in [0, 0.1) is 11.3 Å². The predicted molar refractivity (Wildman–Crippen MR) is 148 cm³/mol. The van der Waals surface area contributed by atoms with Crippen LogP contribution in [0.1, 0.15) is 34.0 Å². The summed E-state index contributed by atoms with van der Waals surface area (Å²) in [5.41, 5.74) is 2.18. The summed E-state index contributed by atoms with van der Waals surface area (Å²) in [6.07, 6.45) is 3.57. The van der Waals surface area contributed by atoms with Crippen LogP contribution in [0.5, 0.6) is 11.5 Å². The van der Waals surface area contributed by atoms with E-state index in [0.717, 1.165) is 11.1 Å². The zero-order valence-corrected chi connectivity index (χ0v) is 22.0. The second-order valence-corrected chi connectivity index (χ2v) is 8.79. The minimum absolute atomic E-state index is 0.0113. The van der Waals surface area contributed by atoms with Crippen LogP contribution in [-0.2, 0) is 17.8 Å². The number of allylic oxidation sites excluding steroid dienone is 1. The third-order valence-electron chi connectivity index (χ3n) is 5.23. The van der Waals surface area contributed by atoms with E-state index >= 15 is 0 Å². The third kappa shape index (κ3) is 7.39. The SMILES string of the molecule is C=CCc1cc(/C=C(/C#N)C(=O)Nc2cccc(C(=O)O)c2)cc(OCC)c1OCc1ccc(Cl)c(Cl)c1. The van der Waals surface area contributed by atoms with Crippen molar-refractivity contribution in [3.63, 3.8) is 0 Å². The standard InChI is InChI=1S/C29H24Cl2N2O5/c1-3-6-20-11-19(12-22(16-32)28(34)33-23-8-5-7-21(15-23)29(35)36)14-26(37-4-2)27(20)38-17-18-9-10-24(30)25(31)13-18/h3,5,7-15H,1,4,6,17H2,2H3,(H,33,34)(H,35,36)/b22-12-. The number of hydrogen-bond donors (Lipinski definition) is 2. The van der Waals surface area contributed by atoms with Gasteiger partial charge in [-0.25, -0.2) is 4.79 Å². The van der Waals surface area contributed by atoms with Crippen LogP contribution < -0.4 is 14.8 Å². The largest absolute Gasteiger partial charge is 0.490 e. The highest BCUT2D eigenvalue weighted by Crippen LogP contribution is 2.36. The molecule has 0 spiro atoms. The van der Waals surface area contributed by atoms with E-state index < -0.39 is 11.9 Å². The third-order valence-corrected chi connectivity index (χ3v) is 5.97. The van der Waals surface area contributed by atoms with Gasteiger partial charge >= 0.3 is 5.97 Å². The topological polar surface area (TPSA) is 109 Å². The number of nitrogens with zero attached hydrogens (tertiary/aromatic N) is 1. The van der Waals surface area contributed by atoms with E-state index in [2.05, 4.69) is 11.9 Å². The summed E-state index contributed by atoms with van der Waals surface area (Å²) in [5, 5.41) is 22.3. The Morgan fingerprint density at radius 2 is 1.89 bits per heavy atom. The molecule has 3 rings (SSSR count). The number of anilines is 1. The lowest BCUT2D eigenvalue weighted by atomic mass is 10.0. The molecule has 9 heteroatoms. The number of aromatic carboxylic acids is 1. The molecule has 3 aromatic carbocycles. The number of amides is 1. The first-order chi connectivity index (χ1) is 18.2. The van der Waals surface area contributed by atoms with Gasteiger partial charge in [-0.15, -0.1) is 6.58 Å². The molecule has 0 radical (unpaired) electrons. The summed E-state index contributed by atoms with van der Waals surface area (Å²) in [6, 6.07) is 16.3. The van der Waals surface area contributed by atoms with E-state index in [1.807, 2.05) is 19.1 Å². The molecule has 0 fully saturated rings. The number of nitriles is 1. The average Bonchev–Trinajstić information content (AvgIpc) is 2.89. The summed E-state index contributed by atoms with van der Waals surface area (Å²) in [4.78, 5) is 24.0. The van der Waals surface area contributed by atoms with Gasteiger partial charge in [0.1, 0.15) is 18.2 Å². The number of ether oxygens (including phenoxy) is 2. The quantitative estimate of drug-likeness (QED) is 0.152. The van der Waals surface area contributed by atoms with Gasteiger partial charge in [0.15, 0.2) is 11.5 Å². The molecule has 0 aromatic heterocycles. The van der Waals surface area contributed by atoms with Gasteiger partial charge in [-0.1, -0.05) is 41.4 Å². The van der Waals surface area contributed by atoms with Gasteiger partial charge in [0, 0.05) is 11.3 Å². The van der Waals surface area contributed by atoms with Crippen molar-refractivity contribution in [3.05, 3.63) is 105 Å². The summed E-state index contributed by atoms with van der Waals surface area (Å²) in [6.45, 7) is 6.21. The molecule has 7 nitrogen and oxygen atoms in total. The lowest BCUT2D eigenvalue weighted by Crippen LogP contribution is -2.14. The Morgan fingerprint density at radius 1 is 1.11 bits per heavy atom. The first kappa shape index (κ1) is 28.3.